The minimum Gasteiger partial charge on any atom is -0.493 e. The molecule has 20 heavy (non-hydrogen) atoms. The molecule has 2 rings (SSSR count). The smallest absolute Gasteiger partial charge is 0.214 e. The zero-order chi connectivity index (χ0) is 14.5. The first-order valence-corrected chi connectivity index (χ1v) is 6.71. The molecule has 1 heterocycles. The van der Waals surface area contributed by atoms with E-state index in [4.69, 9.17) is 21.7 Å². The molecule has 108 valence electrons. The van der Waals surface area contributed by atoms with Crippen LogP contribution in [0.1, 0.15) is 18.3 Å². The van der Waals surface area contributed by atoms with Gasteiger partial charge in [0.25, 0.3) is 0 Å². The van der Waals surface area contributed by atoms with Gasteiger partial charge in [0.1, 0.15) is 0 Å². The van der Waals surface area contributed by atoms with Crippen LogP contribution in [0.2, 0.25) is 0 Å². The van der Waals surface area contributed by atoms with Gasteiger partial charge in [0.2, 0.25) is 4.77 Å². The monoisotopic (exact) mass is 294 g/mol. The number of aryl methyl sites for hydroxylation is 1. The molecule has 0 spiro atoms. The van der Waals surface area contributed by atoms with Crippen molar-refractivity contribution < 1.29 is 9.47 Å². The van der Waals surface area contributed by atoms with Crippen molar-refractivity contribution in [3.05, 3.63) is 34.4 Å². The molecule has 0 aliphatic carbocycles. The summed E-state index contributed by atoms with van der Waals surface area (Å²) in [5.41, 5.74) is 4.30. The molecule has 1 aromatic heterocycles. The highest BCUT2D eigenvalue weighted by Gasteiger charge is 2.06. The van der Waals surface area contributed by atoms with Crippen LogP contribution in [0, 0.1) is 4.77 Å². The highest BCUT2D eigenvalue weighted by molar-refractivity contribution is 7.71. The Bertz CT molecular complexity index is 636. The third kappa shape index (κ3) is 2.93. The van der Waals surface area contributed by atoms with Crippen LogP contribution in [0.4, 0.5) is 0 Å². The van der Waals surface area contributed by atoms with Gasteiger partial charge in [-0.3, -0.25) is 5.10 Å². The zero-order valence-corrected chi connectivity index (χ0v) is 12.6. The molecule has 0 saturated carbocycles. The quantitative estimate of drug-likeness (QED) is 0.800. The van der Waals surface area contributed by atoms with E-state index in [1.54, 1.807) is 18.9 Å². The topological polar surface area (TPSA) is 64.1 Å². The summed E-state index contributed by atoms with van der Waals surface area (Å²) in [6.07, 6.45) is 0.798. The molecule has 6 nitrogen and oxygen atoms in total. The van der Waals surface area contributed by atoms with Crippen molar-refractivity contribution in [2.75, 3.05) is 19.6 Å². The molecule has 2 N–H and O–H groups in total. The summed E-state index contributed by atoms with van der Waals surface area (Å²) < 4.78 is 12.8. The molecule has 0 unspecified atom stereocenters. The number of rotatable bonds is 6. The molecule has 0 aliphatic heterocycles. The van der Waals surface area contributed by atoms with Crippen LogP contribution in [0.25, 0.3) is 0 Å². The number of aromatic nitrogens is 3. The van der Waals surface area contributed by atoms with Crippen molar-refractivity contribution >= 4 is 12.2 Å². The van der Waals surface area contributed by atoms with E-state index in [2.05, 4.69) is 15.6 Å². The number of hydrogen-bond acceptors (Lipinski definition) is 5. The second-order valence-corrected chi connectivity index (χ2v) is 4.54. The van der Waals surface area contributed by atoms with E-state index in [-0.39, 0.29) is 0 Å². The van der Waals surface area contributed by atoms with E-state index in [9.17, 15) is 0 Å². The lowest BCUT2D eigenvalue weighted by Crippen LogP contribution is -2.17. The molecule has 1 aromatic carbocycles. The summed E-state index contributed by atoms with van der Waals surface area (Å²) in [6.45, 7) is 2.64. The van der Waals surface area contributed by atoms with Gasteiger partial charge < -0.3 is 14.9 Å². The van der Waals surface area contributed by atoms with Crippen molar-refractivity contribution in [3.8, 4) is 11.5 Å². The second-order valence-electron chi connectivity index (χ2n) is 4.16. The molecule has 0 bridgehead atoms. The van der Waals surface area contributed by atoms with Gasteiger partial charge in [0, 0.05) is 6.42 Å². The number of methoxy groups -OCH3 is 2. The van der Waals surface area contributed by atoms with E-state index < -0.39 is 0 Å². The maximum Gasteiger partial charge on any atom is 0.214 e. The van der Waals surface area contributed by atoms with Gasteiger partial charge in [-0.2, -0.15) is 5.10 Å². The first-order valence-electron chi connectivity index (χ1n) is 6.30. The highest BCUT2D eigenvalue weighted by atomic mass is 32.1. The van der Waals surface area contributed by atoms with Gasteiger partial charge in [-0.1, -0.05) is 13.0 Å². The predicted molar refractivity (Wildman–Crippen MR) is 79.4 cm³/mol. The van der Waals surface area contributed by atoms with Gasteiger partial charge in [-0.25, -0.2) is 4.68 Å². The molecule has 7 heteroatoms. The lowest BCUT2D eigenvalue weighted by molar-refractivity contribution is 0.354. The van der Waals surface area contributed by atoms with Crippen LogP contribution >= 0.6 is 12.2 Å². The Morgan fingerprint density at radius 2 is 2.05 bits per heavy atom. The Morgan fingerprint density at radius 1 is 1.30 bits per heavy atom. The average molecular weight is 294 g/mol. The molecule has 2 aromatic rings. The number of nitrogens with zero attached hydrogens (tertiary/aromatic N) is 2. The van der Waals surface area contributed by atoms with Crippen molar-refractivity contribution in [1.82, 2.24) is 14.9 Å². The summed E-state index contributed by atoms with van der Waals surface area (Å²) in [5.74, 6) is 2.29. The predicted octanol–water partition coefficient (Wildman–Crippen LogP) is 2.26. The SMILES string of the molecule is CCc1n[nH]c(=S)n1NCc1ccc(OC)c(OC)c1. The highest BCUT2D eigenvalue weighted by Crippen LogP contribution is 2.27. The fourth-order valence-corrected chi connectivity index (χ4v) is 2.11. The molecule has 0 radical (unpaired) electrons. The van der Waals surface area contributed by atoms with Crippen LogP contribution in [-0.2, 0) is 13.0 Å². The van der Waals surface area contributed by atoms with Crippen molar-refractivity contribution in [2.45, 2.75) is 19.9 Å². The van der Waals surface area contributed by atoms with E-state index in [0.717, 1.165) is 17.8 Å². The standard InChI is InChI=1S/C13H18N4O2S/c1-4-12-15-16-13(20)17(12)14-8-9-5-6-10(18-2)11(7-9)19-3/h5-7,14H,4,8H2,1-3H3,(H,16,20). The Balaban J connectivity index is 2.15. The van der Waals surface area contributed by atoms with E-state index in [1.807, 2.05) is 25.1 Å². The van der Waals surface area contributed by atoms with Crippen molar-refractivity contribution in [1.29, 1.82) is 0 Å². The van der Waals surface area contributed by atoms with Gasteiger partial charge >= 0.3 is 0 Å². The number of hydrogen-bond donors (Lipinski definition) is 2. The first-order chi connectivity index (χ1) is 9.69. The molecule has 0 amide bonds. The van der Waals surface area contributed by atoms with Crippen LogP contribution in [0.3, 0.4) is 0 Å². The third-order valence-electron chi connectivity index (χ3n) is 2.95. The largest absolute Gasteiger partial charge is 0.493 e. The number of ether oxygens (including phenoxy) is 2. The summed E-state index contributed by atoms with van der Waals surface area (Å²) >= 11 is 5.18. The number of nitrogens with one attached hydrogen (secondary N) is 2. The Hall–Kier alpha value is -2.02. The normalized spacial score (nSPS) is 10.3. The zero-order valence-electron chi connectivity index (χ0n) is 11.8. The Morgan fingerprint density at radius 3 is 2.70 bits per heavy atom. The molecule has 0 fully saturated rings. The van der Waals surface area contributed by atoms with Gasteiger partial charge in [0.15, 0.2) is 17.3 Å². The summed E-state index contributed by atoms with van der Waals surface area (Å²) in [5, 5.41) is 6.92. The lowest BCUT2D eigenvalue weighted by Gasteiger charge is -2.12. The van der Waals surface area contributed by atoms with E-state index >= 15 is 0 Å². The maximum absolute atomic E-state index is 5.28. The van der Waals surface area contributed by atoms with Crippen LogP contribution < -0.4 is 14.9 Å². The number of aromatic amines is 1. The van der Waals surface area contributed by atoms with Crippen LogP contribution in [0.5, 0.6) is 11.5 Å². The van der Waals surface area contributed by atoms with Crippen LogP contribution in [0.15, 0.2) is 18.2 Å². The van der Waals surface area contributed by atoms with Gasteiger partial charge in [-0.15, -0.1) is 0 Å². The Labute approximate surface area is 122 Å². The third-order valence-corrected chi connectivity index (χ3v) is 3.22. The van der Waals surface area contributed by atoms with Crippen molar-refractivity contribution in [2.24, 2.45) is 0 Å². The second kappa shape index (κ2) is 6.42. The lowest BCUT2D eigenvalue weighted by atomic mass is 10.2. The minimum absolute atomic E-state index is 0.558. The van der Waals surface area contributed by atoms with Gasteiger partial charge in [0.05, 0.1) is 20.8 Å². The molecule has 0 aliphatic rings. The Kier molecular flexibility index (Phi) is 4.62. The maximum atomic E-state index is 5.28. The van der Waals surface area contributed by atoms with E-state index in [1.165, 1.54) is 0 Å². The molecular weight excluding hydrogens is 276 g/mol. The molecule has 0 atom stereocenters. The van der Waals surface area contributed by atoms with Gasteiger partial charge in [-0.05, 0) is 29.9 Å². The number of benzene rings is 1. The minimum atomic E-state index is 0.558. The summed E-state index contributed by atoms with van der Waals surface area (Å²) in [7, 11) is 3.24. The molecular formula is C13H18N4O2S. The fraction of sp³-hybridized carbons (Fsp3) is 0.385. The molecule has 0 saturated heterocycles. The summed E-state index contributed by atoms with van der Waals surface area (Å²) in [6, 6.07) is 5.79. The fourth-order valence-electron chi connectivity index (χ4n) is 1.89. The average Bonchev–Trinajstić information content (AvgIpc) is 2.85. The van der Waals surface area contributed by atoms with E-state index in [0.29, 0.717) is 22.8 Å². The van der Waals surface area contributed by atoms with Crippen molar-refractivity contribution in [3.63, 3.8) is 0 Å². The van der Waals surface area contributed by atoms with Crippen LogP contribution in [-0.4, -0.2) is 29.1 Å². The first kappa shape index (κ1) is 14.4. The number of H-pyrrole nitrogens is 1. The summed E-state index contributed by atoms with van der Waals surface area (Å²) in [4.78, 5) is 0.